The first-order chi connectivity index (χ1) is 7.88. The molecule has 0 spiro atoms. The van der Waals surface area contributed by atoms with Gasteiger partial charge in [0.2, 0.25) is 0 Å². The minimum absolute atomic E-state index is 0.929. The quantitative estimate of drug-likeness (QED) is 0.767. The fourth-order valence-corrected chi connectivity index (χ4v) is 2.43. The Morgan fingerprint density at radius 3 is 3.12 bits per heavy atom. The lowest BCUT2D eigenvalue weighted by Gasteiger charge is -2.02. The van der Waals surface area contributed by atoms with Gasteiger partial charge < -0.3 is 15.0 Å². The molecule has 16 heavy (non-hydrogen) atoms. The van der Waals surface area contributed by atoms with Gasteiger partial charge in [0.1, 0.15) is 5.75 Å². The van der Waals surface area contributed by atoms with Crippen LogP contribution in [0.1, 0.15) is 17.7 Å². The van der Waals surface area contributed by atoms with E-state index in [1.807, 2.05) is 6.07 Å². The van der Waals surface area contributed by atoms with Crippen LogP contribution in [0.2, 0.25) is 0 Å². The van der Waals surface area contributed by atoms with E-state index in [1.54, 1.807) is 7.11 Å². The Bertz CT molecular complexity index is 516. The predicted octanol–water partition coefficient (Wildman–Crippen LogP) is 2.21. The Morgan fingerprint density at radius 2 is 2.25 bits per heavy atom. The number of rotatable bonds is 1. The van der Waals surface area contributed by atoms with Gasteiger partial charge in [0.15, 0.2) is 0 Å². The van der Waals surface area contributed by atoms with E-state index in [9.17, 15) is 0 Å². The van der Waals surface area contributed by atoms with Crippen molar-refractivity contribution in [1.29, 1.82) is 0 Å². The van der Waals surface area contributed by atoms with Crippen molar-refractivity contribution in [2.75, 3.05) is 13.7 Å². The normalized spacial score (nSPS) is 15.8. The van der Waals surface area contributed by atoms with Crippen molar-refractivity contribution in [3.8, 4) is 5.75 Å². The summed E-state index contributed by atoms with van der Waals surface area (Å²) < 4.78 is 5.28. The van der Waals surface area contributed by atoms with Crippen LogP contribution in [0, 0.1) is 0 Å². The number of ether oxygens (including phenoxy) is 1. The minimum Gasteiger partial charge on any atom is -0.497 e. The van der Waals surface area contributed by atoms with Gasteiger partial charge in [0, 0.05) is 23.1 Å². The molecule has 1 aromatic carbocycles. The van der Waals surface area contributed by atoms with Gasteiger partial charge in [0.25, 0.3) is 0 Å². The number of aromatic nitrogens is 1. The molecule has 2 N–H and O–H groups in total. The third-order valence-electron chi connectivity index (χ3n) is 3.28. The first-order valence-electron chi connectivity index (χ1n) is 5.76. The summed E-state index contributed by atoms with van der Waals surface area (Å²) in [6.07, 6.45) is 2.34. The standard InChI is InChI=1S/C13H16N2O/c1-16-9-4-5-13-10(7-9)11-8-14-6-2-3-12(11)15-13/h4-5,7,14-15H,2-3,6,8H2,1H3. The summed E-state index contributed by atoms with van der Waals surface area (Å²) in [6.45, 7) is 2.07. The van der Waals surface area contributed by atoms with Crippen LogP contribution < -0.4 is 10.1 Å². The Hall–Kier alpha value is -1.48. The van der Waals surface area contributed by atoms with E-state index in [1.165, 1.54) is 28.6 Å². The lowest BCUT2D eigenvalue weighted by Crippen LogP contribution is -2.11. The minimum atomic E-state index is 0.929. The molecular formula is C13H16N2O. The molecule has 3 rings (SSSR count). The second-order valence-corrected chi connectivity index (χ2v) is 4.27. The van der Waals surface area contributed by atoms with Gasteiger partial charge in [-0.15, -0.1) is 0 Å². The van der Waals surface area contributed by atoms with Crippen LogP contribution in [-0.4, -0.2) is 18.6 Å². The Balaban J connectivity index is 2.19. The fraction of sp³-hybridized carbons (Fsp3) is 0.385. The number of benzene rings is 1. The number of hydrogen-bond donors (Lipinski definition) is 2. The molecule has 2 aromatic rings. The van der Waals surface area contributed by atoms with E-state index in [0.717, 1.165) is 25.3 Å². The molecule has 1 aromatic heterocycles. The summed E-state index contributed by atoms with van der Waals surface area (Å²) in [4.78, 5) is 3.51. The molecule has 3 nitrogen and oxygen atoms in total. The molecule has 0 fully saturated rings. The van der Waals surface area contributed by atoms with Crippen molar-refractivity contribution < 1.29 is 4.74 Å². The molecule has 84 valence electrons. The topological polar surface area (TPSA) is 37.0 Å². The van der Waals surface area contributed by atoms with E-state index in [0.29, 0.717) is 0 Å². The molecule has 0 unspecified atom stereocenters. The molecular weight excluding hydrogens is 200 g/mol. The van der Waals surface area contributed by atoms with Gasteiger partial charge in [-0.2, -0.15) is 0 Å². The van der Waals surface area contributed by atoms with Gasteiger partial charge in [-0.1, -0.05) is 0 Å². The average Bonchev–Trinajstić information content (AvgIpc) is 2.50. The van der Waals surface area contributed by atoms with E-state index in [-0.39, 0.29) is 0 Å². The maximum absolute atomic E-state index is 5.28. The average molecular weight is 216 g/mol. The number of methoxy groups -OCH3 is 1. The SMILES string of the molecule is COc1ccc2[nH]c3c(c2c1)CNCCC3. The maximum atomic E-state index is 5.28. The van der Waals surface area contributed by atoms with Gasteiger partial charge in [-0.3, -0.25) is 0 Å². The van der Waals surface area contributed by atoms with Crippen molar-refractivity contribution in [3.63, 3.8) is 0 Å². The summed E-state index contributed by atoms with van der Waals surface area (Å²) >= 11 is 0. The summed E-state index contributed by atoms with van der Waals surface area (Å²) in [7, 11) is 1.71. The van der Waals surface area contributed by atoms with Crippen LogP contribution >= 0.6 is 0 Å². The zero-order valence-electron chi connectivity index (χ0n) is 9.47. The second-order valence-electron chi connectivity index (χ2n) is 4.27. The predicted molar refractivity (Wildman–Crippen MR) is 64.9 cm³/mol. The Labute approximate surface area is 94.8 Å². The number of hydrogen-bond acceptors (Lipinski definition) is 2. The Morgan fingerprint density at radius 1 is 1.31 bits per heavy atom. The number of aryl methyl sites for hydroxylation is 1. The molecule has 3 heteroatoms. The van der Waals surface area contributed by atoms with Crippen molar-refractivity contribution in [2.24, 2.45) is 0 Å². The van der Waals surface area contributed by atoms with E-state index < -0.39 is 0 Å². The Kier molecular flexibility index (Phi) is 2.33. The largest absolute Gasteiger partial charge is 0.497 e. The van der Waals surface area contributed by atoms with Crippen molar-refractivity contribution >= 4 is 10.9 Å². The number of aromatic amines is 1. The molecule has 0 atom stereocenters. The molecule has 0 saturated carbocycles. The van der Waals surface area contributed by atoms with E-state index in [2.05, 4.69) is 22.4 Å². The van der Waals surface area contributed by atoms with Gasteiger partial charge >= 0.3 is 0 Å². The van der Waals surface area contributed by atoms with Gasteiger partial charge in [0.05, 0.1) is 7.11 Å². The molecule has 0 amide bonds. The molecule has 0 radical (unpaired) electrons. The highest BCUT2D eigenvalue weighted by Gasteiger charge is 2.13. The van der Waals surface area contributed by atoms with Gasteiger partial charge in [-0.25, -0.2) is 0 Å². The summed E-state index contributed by atoms with van der Waals surface area (Å²) in [6, 6.07) is 6.23. The molecule has 2 heterocycles. The lowest BCUT2D eigenvalue weighted by molar-refractivity contribution is 0.415. The number of nitrogens with one attached hydrogen (secondary N) is 2. The van der Waals surface area contributed by atoms with Crippen LogP contribution in [0.15, 0.2) is 18.2 Å². The van der Waals surface area contributed by atoms with Crippen LogP contribution in [-0.2, 0) is 13.0 Å². The summed E-state index contributed by atoms with van der Waals surface area (Å²) in [5.74, 6) is 0.929. The third-order valence-corrected chi connectivity index (χ3v) is 3.28. The van der Waals surface area contributed by atoms with Crippen molar-refractivity contribution in [1.82, 2.24) is 10.3 Å². The second kappa shape index (κ2) is 3.83. The molecule has 0 aliphatic carbocycles. The zero-order chi connectivity index (χ0) is 11.0. The van der Waals surface area contributed by atoms with Crippen LogP contribution in [0.4, 0.5) is 0 Å². The fourth-order valence-electron chi connectivity index (χ4n) is 2.43. The molecule has 0 bridgehead atoms. The highest BCUT2D eigenvalue weighted by molar-refractivity contribution is 5.86. The third kappa shape index (κ3) is 1.48. The summed E-state index contributed by atoms with van der Waals surface area (Å²) in [5, 5.41) is 4.75. The van der Waals surface area contributed by atoms with Gasteiger partial charge in [-0.05, 0) is 43.1 Å². The molecule has 1 aliphatic heterocycles. The highest BCUT2D eigenvalue weighted by atomic mass is 16.5. The van der Waals surface area contributed by atoms with E-state index in [4.69, 9.17) is 4.74 Å². The maximum Gasteiger partial charge on any atom is 0.119 e. The van der Waals surface area contributed by atoms with Crippen LogP contribution in [0.25, 0.3) is 10.9 Å². The van der Waals surface area contributed by atoms with Crippen molar-refractivity contribution in [3.05, 3.63) is 29.5 Å². The smallest absolute Gasteiger partial charge is 0.119 e. The first-order valence-corrected chi connectivity index (χ1v) is 5.76. The lowest BCUT2D eigenvalue weighted by atomic mass is 10.1. The number of H-pyrrole nitrogens is 1. The van der Waals surface area contributed by atoms with Crippen molar-refractivity contribution in [2.45, 2.75) is 19.4 Å². The summed E-state index contributed by atoms with van der Waals surface area (Å²) in [5.41, 5.74) is 4.01. The molecule has 0 saturated heterocycles. The van der Waals surface area contributed by atoms with Crippen LogP contribution in [0.5, 0.6) is 5.75 Å². The monoisotopic (exact) mass is 216 g/mol. The van der Waals surface area contributed by atoms with E-state index >= 15 is 0 Å². The molecule has 1 aliphatic rings. The highest BCUT2D eigenvalue weighted by Crippen LogP contribution is 2.28. The first kappa shape index (κ1) is 9.73. The van der Waals surface area contributed by atoms with Crippen LogP contribution in [0.3, 0.4) is 0 Å². The number of fused-ring (bicyclic) bond motifs is 3. The zero-order valence-corrected chi connectivity index (χ0v) is 9.47.